The van der Waals surface area contributed by atoms with Gasteiger partial charge in [-0.25, -0.2) is 17.6 Å². The lowest BCUT2D eigenvalue weighted by Gasteiger charge is -2.34. The van der Waals surface area contributed by atoms with Gasteiger partial charge in [-0.05, 0) is 47.3 Å². The maximum atomic E-state index is 15.1. The zero-order valence-electron chi connectivity index (χ0n) is 19.8. The second-order valence-electron chi connectivity index (χ2n) is 8.81. The summed E-state index contributed by atoms with van der Waals surface area (Å²) in [6, 6.07) is 6.36. The molecule has 7 heteroatoms. The Morgan fingerprint density at radius 2 is 1.40 bits per heavy atom. The standard InChI is InChI=1S/C28H30F4O3/c1-3-4-5-6-24-34-15-19(16-35-24)22-12-11-20(25(29)26(22)30)17-7-9-18(10-8-17)21-13-14-23(33-2)28(32)27(21)31/h3-4,7-14,19,24-28H,5-6,15-16H2,1-2H3/b4-3+. The number of alkyl halides is 4. The minimum absolute atomic E-state index is 0.0694. The number of hydrogen-bond acceptors (Lipinski definition) is 3. The smallest absolute Gasteiger partial charge is 0.192 e. The Morgan fingerprint density at radius 1 is 0.829 bits per heavy atom. The SMILES string of the molecule is C/C=C/CCC1OCC(C2=CC=C(c3ccc(C4=CC=C(OC)C(F)C4F)cc3)C(F)C2F)CO1. The summed E-state index contributed by atoms with van der Waals surface area (Å²) in [6.45, 7) is 2.51. The highest BCUT2D eigenvalue weighted by atomic mass is 19.2. The molecule has 1 heterocycles. The van der Waals surface area contributed by atoms with Gasteiger partial charge in [-0.2, -0.15) is 0 Å². The molecule has 0 amide bonds. The van der Waals surface area contributed by atoms with E-state index in [1.54, 1.807) is 36.4 Å². The monoisotopic (exact) mass is 490 g/mol. The van der Waals surface area contributed by atoms with E-state index in [-0.39, 0.29) is 42.3 Å². The Kier molecular flexibility index (Phi) is 8.29. The molecule has 1 aromatic carbocycles. The molecule has 188 valence electrons. The Bertz CT molecular complexity index is 1030. The largest absolute Gasteiger partial charge is 0.498 e. The molecule has 0 bridgehead atoms. The molecule has 4 atom stereocenters. The predicted octanol–water partition coefficient (Wildman–Crippen LogP) is 6.64. The quantitative estimate of drug-likeness (QED) is 0.317. The van der Waals surface area contributed by atoms with Crippen molar-refractivity contribution in [3.05, 3.63) is 83.2 Å². The molecule has 1 aliphatic heterocycles. The number of benzene rings is 1. The van der Waals surface area contributed by atoms with E-state index in [4.69, 9.17) is 14.2 Å². The van der Waals surface area contributed by atoms with Crippen LogP contribution >= 0.6 is 0 Å². The third-order valence-electron chi connectivity index (χ3n) is 6.61. The Balaban J connectivity index is 1.45. The van der Waals surface area contributed by atoms with Crippen molar-refractivity contribution in [2.24, 2.45) is 5.92 Å². The molecule has 1 aromatic rings. The summed E-state index contributed by atoms with van der Waals surface area (Å²) >= 11 is 0. The van der Waals surface area contributed by atoms with Crippen LogP contribution in [0.25, 0.3) is 11.1 Å². The van der Waals surface area contributed by atoms with Gasteiger partial charge in [0.05, 0.1) is 20.3 Å². The van der Waals surface area contributed by atoms with Gasteiger partial charge < -0.3 is 14.2 Å². The third kappa shape index (κ3) is 5.46. The molecule has 35 heavy (non-hydrogen) atoms. The fourth-order valence-corrected chi connectivity index (χ4v) is 4.56. The van der Waals surface area contributed by atoms with Crippen LogP contribution in [0.3, 0.4) is 0 Å². The lowest BCUT2D eigenvalue weighted by molar-refractivity contribution is -0.197. The van der Waals surface area contributed by atoms with Crippen molar-refractivity contribution in [1.29, 1.82) is 0 Å². The van der Waals surface area contributed by atoms with E-state index >= 15 is 8.78 Å². The summed E-state index contributed by atoms with van der Waals surface area (Å²) in [6.07, 6.45) is 3.85. The highest BCUT2D eigenvalue weighted by molar-refractivity contribution is 5.77. The van der Waals surface area contributed by atoms with Crippen molar-refractivity contribution >= 4 is 11.1 Å². The molecule has 1 fully saturated rings. The summed E-state index contributed by atoms with van der Waals surface area (Å²) in [7, 11) is 1.29. The van der Waals surface area contributed by atoms with Crippen LogP contribution in [0.1, 0.15) is 30.9 Å². The number of allylic oxidation sites excluding steroid dienone is 9. The second-order valence-corrected chi connectivity index (χ2v) is 8.81. The number of methoxy groups -OCH3 is 1. The first kappa shape index (κ1) is 25.5. The summed E-state index contributed by atoms with van der Waals surface area (Å²) in [5.41, 5.74) is 1.65. The van der Waals surface area contributed by atoms with Crippen molar-refractivity contribution in [2.75, 3.05) is 20.3 Å². The van der Waals surface area contributed by atoms with Crippen LogP contribution in [0.4, 0.5) is 17.6 Å². The molecule has 0 spiro atoms. The van der Waals surface area contributed by atoms with E-state index in [1.165, 1.54) is 19.3 Å². The molecule has 0 aromatic heterocycles. The van der Waals surface area contributed by atoms with Gasteiger partial charge in [-0.1, -0.05) is 54.6 Å². The molecule has 3 nitrogen and oxygen atoms in total. The average Bonchev–Trinajstić information content (AvgIpc) is 2.88. The van der Waals surface area contributed by atoms with Gasteiger partial charge in [-0.3, -0.25) is 0 Å². The van der Waals surface area contributed by atoms with Gasteiger partial charge in [-0.15, -0.1) is 0 Å². The zero-order valence-corrected chi connectivity index (χ0v) is 19.8. The van der Waals surface area contributed by atoms with Crippen LogP contribution in [0, 0.1) is 5.92 Å². The molecule has 0 saturated carbocycles. The zero-order chi connectivity index (χ0) is 24.9. The molecule has 1 saturated heterocycles. The van der Waals surface area contributed by atoms with E-state index in [0.29, 0.717) is 16.7 Å². The lowest BCUT2D eigenvalue weighted by Crippen LogP contribution is -2.37. The van der Waals surface area contributed by atoms with E-state index in [1.807, 2.05) is 19.1 Å². The van der Waals surface area contributed by atoms with Crippen LogP contribution in [-0.2, 0) is 14.2 Å². The van der Waals surface area contributed by atoms with Crippen molar-refractivity contribution in [3.63, 3.8) is 0 Å². The number of rotatable bonds is 7. The number of ether oxygens (including phenoxy) is 3. The third-order valence-corrected chi connectivity index (χ3v) is 6.61. The van der Waals surface area contributed by atoms with Crippen LogP contribution in [0.15, 0.2) is 72.1 Å². The average molecular weight is 491 g/mol. The fourth-order valence-electron chi connectivity index (χ4n) is 4.56. The summed E-state index contributed by atoms with van der Waals surface area (Å²) in [5.74, 6) is -0.417. The van der Waals surface area contributed by atoms with Gasteiger partial charge in [0, 0.05) is 12.3 Å². The highest BCUT2D eigenvalue weighted by Gasteiger charge is 2.37. The highest BCUT2D eigenvalue weighted by Crippen LogP contribution is 2.38. The minimum Gasteiger partial charge on any atom is -0.498 e. The van der Waals surface area contributed by atoms with E-state index in [2.05, 4.69) is 0 Å². The minimum atomic E-state index is -1.89. The summed E-state index contributed by atoms with van der Waals surface area (Å²) < 4.78 is 75.3. The topological polar surface area (TPSA) is 27.7 Å². The molecule has 4 unspecified atom stereocenters. The van der Waals surface area contributed by atoms with Crippen molar-refractivity contribution < 1.29 is 31.8 Å². The first-order chi connectivity index (χ1) is 16.9. The Morgan fingerprint density at radius 3 is 1.97 bits per heavy atom. The number of halogens is 4. The van der Waals surface area contributed by atoms with E-state index in [9.17, 15) is 8.78 Å². The van der Waals surface area contributed by atoms with Gasteiger partial charge in [0.1, 0.15) is 5.76 Å². The molecule has 2 aliphatic carbocycles. The van der Waals surface area contributed by atoms with Crippen LogP contribution in [0.2, 0.25) is 0 Å². The van der Waals surface area contributed by atoms with Crippen LogP contribution in [-0.4, -0.2) is 51.3 Å². The lowest BCUT2D eigenvalue weighted by atomic mass is 9.84. The first-order valence-electron chi connectivity index (χ1n) is 11.8. The molecule has 0 N–H and O–H groups in total. The van der Waals surface area contributed by atoms with Gasteiger partial charge >= 0.3 is 0 Å². The molecular formula is C28H30F4O3. The maximum Gasteiger partial charge on any atom is 0.192 e. The van der Waals surface area contributed by atoms with Gasteiger partial charge in [0.2, 0.25) is 0 Å². The van der Waals surface area contributed by atoms with E-state index < -0.39 is 24.7 Å². The van der Waals surface area contributed by atoms with Crippen LogP contribution < -0.4 is 0 Å². The normalized spacial score (nSPS) is 31.5. The van der Waals surface area contributed by atoms with Crippen molar-refractivity contribution in [3.8, 4) is 0 Å². The fraction of sp³-hybridized carbons (Fsp3) is 0.429. The second kappa shape index (κ2) is 11.4. The molecule has 3 aliphatic rings. The van der Waals surface area contributed by atoms with E-state index in [0.717, 1.165) is 12.8 Å². The Labute approximate surface area is 203 Å². The van der Waals surface area contributed by atoms with Crippen molar-refractivity contribution in [1.82, 2.24) is 0 Å². The summed E-state index contributed by atoms with van der Waals surface area (Å²) in [5, 5.41) is 0. The first-order valence-corrected chi connectivity index (χ1v) is 11.8. The van der Waals surface area contributed by atoms with Crippen LogP contribution in [0.5, 0.6) is 0 Å². The van der Waals surface area contributed by atoms with Crippen molar-refractivity contribution in [2.45, 2.75) is 50.7 Å². The molecule has 4 rings (SSSR count). The summed E-state index contributed by atoms with van der Waals surface area (Å²) in [4.78, 5) is 0. The predicted molar refractivity (Wildman–Crippen MR) is 128 cm³/mol. The van der Waals surface area contributed by atoms with Gasteiger partial charge in [0.25, 0.3) is 0 Å². The van der Waals surface area contributed by atoms with Gasteiger partial charge in [0.15, 0.2) is 31.0 Å². The maximum absolute atomic E-state index is 15.1. The number of hydrogen-bond donors (Lipinski definition) is 0. The molecule has 0 radical (unpaired) electrons. The Hall–Kier alpha value is -2.64. The molecular weight excluding hydrogens is 460 g/mol.